The van der Waals surface area contributed by atoms with Gasteiger partial charge in [0.05, 0.1) is 30.5 Å². The predicted octanol–water partition coefficient (Wildman–Crippen LogP) is -1.78. The second-order valence-corrected chi connectivity index (χ2v) is 8.67. The van der Waals surface area contributed by atoms with Gasteiger partial charge in [-0.1, -0.05) is 0 Å². The van der Waals surface area contributed by atoms with E-state index in [-0.39, 0.29) is 43.5 Å². The molecule has 2 amide bonds. The van der Waals surface area contributed by atoms with Crippen molar-refractivity contribution >= 4 is 27.8 Å². The van der Waals surface area contributed by atoms with Crippen LogP contribution in [0, 0.1) is 0 Å². The molecule has 0 saturated carbocycles. The van der Waals surface area contributed by atoms with E-state index in [0.29, 0.717) is 19.6 Å². The van der Waals surface area contributed by atoms with Crippen molar-refractivity contribution in [3.05, 3.63) is 0 Å². The van der Waals surface area contributed by atoms with Crippen molar-refractivity contribution in [1.29, 1.82) is 0 Å². The first-order valence-electron chi connectivity index (χ1n) is 8.14. The molecule has 0 aliphatic carbocycles. The molecule has 0 spiro atoms. The second-order valence-electron chi connectivity index (χ2n) is 6.51. The number of sulfone groups is 1. The average molecular weight is 375 g/mol. The van der Waals surface area contributed by atoms with Gasteiger partial charge in [0.25, 0.3) is 0 Å². The molecule has 11 heteroatoms. The number of carboxylic acids is 1. The number of piperazine rings is 1. The van der Waals surface area contributed by atoms with Gasteiger partial charge in [0, 0.05) is 25.7 Å². The number of fused-ring (bicyclic) bond motifs is 1. The molecule has 0 bridgehead atoms. The Morgan fingerprint density at radius 1 is 1.16 bits per heavy atom. The Hall–Kier alpha value is -1.88. The fourth-order valence-corrected chi connectivity index (χ4v) is 5.69. The zero-order valence-corrected chi connectivity index (χ0v) is 14.5. The number of carbonyl (C=O) groups excluding carboxylic acids is 2. The fraction of sp³-hybridized carbons (Fsp3) is 0.786. The standard InChI is InChI=1S/C14H21N3O7S/c18-12(7-16-5-6-24-14(16)21)17-4-3-15(2-1-13(19)20)10-8-25(22,23)9-11(10)17/h10-11H,1-9H2,(H,19,20)/t10-,11+/m0/s1. The largest absolute Gasteiger partial charge is 0.481 e. The molecular formula is C14H21N3O7S. The molecule has 3 saturated heterocycles. The Kier molecular flexibility index (Phi) is 4.87. The summed E-state index contributed by atoms with van der Waals surface area (Å²) in [6.45, 7) is 1.45. The van der Waals surface area contributed by atoms with Crippen molar-refractivity contribution in [2.75, 3.05) is 50.8 Å². The number of amides is 2. The summed E-state index contributed by atoms with van der Waals surface area (Å²) in [7, 11) is -3.29. The van der Waals surface area contributed by atoms with E-state index in [4.69, 9.17) is 9.84 Å². The first-order valence-corrected chi connectivity index (χ1v) is 9.96. The number of carboxylic acid groups (broad SMARTS) is 1. The zero-order valence-electron chi connectivity index (χ0n) is 13.7. The lowest BCUT2D eigenvalue weighted by molar-refractivity contribution is -0.140. The molecule has 10 nitrogen and oxygen atoms in total. The number of hydrogen-bond acceptors (Lipinski definition) is 7. The van der Waals surface area contributed by atoms with Gasteiger partial charge in [0.1, 0.15) is 13.2 Å². The third-order valence-electron chi connectivity index (χ3n) is 4.90. The third kappa shape index (κ3) is 3.87. The number of cyclic esters (lactones) is 1. The van der Waals surface area contributed by atoms with Gasteiger partial charge in [-0.05, 0) is 0 Å². The highest BCUT2D eigenvalue weighted by Crippen LogP contribution is 2.27. The Labute approximate surface area is 145 Å². The van der Waals surface area contributed by atoms with E-state index in [0.717, 1.165) is 0 Å². The number of ether oxygens (including phenoxy) is 1. The quantitative estimate of drug-likeness (QED) is 0.598. The molecule has 3 aliphatic heterocycles. The molecule has 3 fully saturated rings. The lowest BCUT2D eigenvalue weighted by Crippen LogP contribution is -2.62. The van der Waals surface area contributed by atoms with Gasteiger partial charge >= 0.3 is 12.1 Å². The minimum absolute atomic E-state index is 0.0726. The summed E-state index contributed by atoms with van der Waals surface area (Å²) in [5, 5.41) is 8.85. The topological polar surface area (TPSA) is 125 Å². The molecule has 140 valence electrons. The SMILES string of the molecule is O=C(O)CCN1CCN(C(=O)CN2CCOC2=O)[C@@H]2CS(=O)(=O)C[C@@H]21. The zero-order chi connectivity index (χ0) is 18.2. The van der Waals surface area contributed by atoms with Crippen LogP contribution in [0.4, 0.5) is 4.79 Å². The summed E-state index contributed by atoms with van der Waals surface area (Å²) in [5.74, 6) is -1.45. The van der Waals surface area contributed by atoms with Crippen LogP contribution in [-0.2, 0) is 24.2 Å². The van der Waals surface area contributed by atoms with Crippen molar-refractivity contribution < 1.29 is 32.6 Å². The second kappa shape index (κ2) is 6.79. The van der Waals surface area contributed by atoms with Crippen LogP contribution in [-0.4, -0.2) is 109 Å². The summed E-state index contributed by atoms with van der Waals surface area (Å²) in [6, 6.07) is -0.897. The van der Waals surface area contributed by atoms with Gasteiger partial charge in [-0.3, -0.25) is 19.4 Å². The van der Waals surface area contributed by atoms with Crippen molar-refractivity contribution in [2.45, 2.75) is 18.5 Å². The molecule has 0 radical (unpaired) electrons. The summed E-state index contributed by atoms with van der Waals surface area (Å²) in [5.41, 5.74) is 0. The lowest BCUT2D eigenvalue weighted by atomic mass is 10.0. The number of carbonyl (C=O) groups is 3. The van der Waals surface area contributed by atoms with E-state index in [1.54, 1.807) is 0 Å². The average Bonchev–Trinajstić information content (AvgIpc) is 3.06. The highest BCUT2D eigenvalue weighted by atomic mass is 32.2. The summed E-state index contributed by atoms with van der Waals surface area (Å²) in [6.07, 6.45) is -0.611. The molecule has 25 heavy (non-hydrogen) atoms. The van der Waals surface area contributed by atoms with E-state index in [1.165, 1.54) is 9.80 Å². The molecule has 3 aliphatic rings. The molecule has 0 aromatic carbocycles. The highest BCUT2D eigenvalue weighted by Gasteiger charge is 2.48. The summed E-state index contributed by atoms with van der Waals surface area (Å²) >= 11 is 0. The van der Waals surface area contributed by atoms with Crippen LogP contribution in [0.5, 0.6) is 0 Å². The minimum Gasteiger partial charge on any atom is -0.481 e. The van der Waals surface area contributed by atoms with E-state index < -0.39 is 34.0 Å². The monoisotopic (exact) mass is 375 g/mol. The Bertz CT molecular complexity index is 680. The van der Waals surface area contributed by atoms with Crippen molar-refractivity contribution in [1.82, 2.24) is 14.7 Å². The summed E-state index contributed by atoms with van der Waals surface area (Å²) < 4.78 is 29.0. The lowest BCUT2D eigenvalue weighted by Gasteiger charge is -2.44. The Morgan fingerprint density at radius 3 is 2.52 bits per heavy atom. The number of hydrogen-bond donors (Lipinski definition) is 1. The van der Waals surface area contributed by atoms with Crippen LogP contribution in [0.1, 0.15) is 6.42 Å². The molecule has 3 rings (SSSR count). The third-order valence-corrected chi connectivity index (χ3v) is 6.59. The number of rotatable bonds is 5. The van der Waals surface area contributed by atoms with Crippen LogP contribution in [0.15, 0.2) is 0 Å². The van der Waals surface area contributed by atoms with E-state index >= 15 is 0 Å². The van der Waals surface area contributed by atoms with Crippen molar-refractivity contribution in [3.63, 3.8) is 0 Å². The van der Waals surface area contributed by atoms with Crippen LogP contribution < -0.4 is 0 Å². The van der Waals surface area contributed by atoms with Gasteiger partial charge in [0.2, 0.25) is 5.91 Å². The van der Waals surface area contributed by atoms with Crippen molar-refractivity contribution in [2.24, 2.45) is 0 Å². The number of aliphatic carboxylic acids is 1. The maximum atomic E-state index is 12.6. The molecule has 3 heterocycles. The molecule has 0 aromatic heterocycles. The normalized spacial score (nSPS) is 28.7. The Morgan fingerprint density at radius 2 is 1.88 bits per heavy atom. The van der Waals surface area contributed by atoms with E-state index in [1.807, 2.05) is 4.90 Å². The fourth-order valence-electron chi connectivity index (χ4n) is 3.67. The van der Waals surface area contributed by atoms with Crippen LogP contribution in [0.3, 0.4) is 0 Å². The maximum Gasteiger partial charge on any atom is 0.410 e. The Balaban J connectivity index is 1.70. The molecule has 0 unspecified atom stereocenters. The van der Waals surface area contributed by atoms with Gasteiger partial charge in [-0.2, -0.15) is 0 Å². The molecular weight excluding hydrogens is 354 g/mol. The number of nitrogens with zero attached hydrogens (tertiary/aromatic N) is 3. The molecule has 0 aromatic rings. The van der Waals surface area contributed by atoms with Crippen LogP contribution in [0.25, 0.3) is 0 Å². The van der Waals surface area contributed by atoms with Gasteiger partial charge in [-0.25, -0.2) is 13.2 Å². The summed E-state index contributed by atoms with van der Waals surface area (Å²) in [4.78, 5) is 39.6. The first-order chi connectivity index (χ1) is 11.8. The van der Waals surface area contributed by atoms with Crippen LogP contribution >= 0.6 is 0 Å². The van der Waals surface area contributed by atoms with Crippen molar-refractivity contribution in [3.8, 4) is 0 Å². The predicted molar refractivity (Wildman–Crippen MR) is 84.7 cm³/mol. The van der Waals surface area contributed by atoms with Gasteiger partial charge < -0.3 is 14.7 Å². The van der Waals surface area contributed by atoms with Crippen LogP contribution in [0.2, 0.25) is 0 Å². The van der Waals surface area contributed by atoms with E-state index in [9.17, 15) is 22.8 Å². The van der Waals surface area contributed by atoms with Gasteiger partial charge in [0.15, 0.2) is 9.84 Å². The van der Waals surface area contributed by atoms with Gasteiger partial charge in [-0.15, -0.1) is 0 Å². The molecule has 2 atom stereocenters. The van der Waals surface area contributed by atoms with E-state index in [2.05, 4.69) is 0 Å². The highest BCUT2D eigenvalue weighted by molar-refractivity contribution is 7.91. The minimum atomic E-state index is -3.29. The maximum absolute atomic E-state index is 12.6. The molecule has 1 N–H and O–H groups in total. The first kappa shape index (κ1) is 17.9. The smallest absolute Gasteiger partial charge is 0.410 e.